The molecule has 0 heterocycles. The zero-order valence-electron chi connectivity index (χ0n) is 5.70. The van der Waals surface area contributed by atoms with E-state index in [1.165, 1.54) is 18.1 Å². The molecule has 0 bridgehead atoms. The molecule has 0 unspecified atom stereocenters. The van der Waals surface area contributed by atoms with Gasteiger partial charge in [-0.05, 0) is 0 Å². The number of unbranched alkanes of at least 4 members (excludes halogenated alkanes) is 1. The van der Waals surface area contributed by atoms with Gasteiger partial charge in [-0.1, -0.05) is 0 Å². The summed E-state index contributed by atoms with van der Waals surface area (Å²) < 4.78 is 0. The van der Waals surface area contributed by atoms with Gasteiger partial charge < -0.3 is 2.85 Å². The summed E-state index contributed by atoms with van der Waals surface area (Å²) in [5.74, 6) is 0. The van der Waals surface area contributed by atoms with Gasteiger partial charge in [0.05, 0.1) is 0 Å². The second-order valence-corrected chi connectivity index (χ2v) is 1.72. The van der Waals surface area contributed by atoms with Gasteiger partial charge in [0.15, 0.2) is 0 Å². The average Bonchev–Trinajstić information content (AvgIpc) is 1.41. The number of hydrogen-bond donors (Lipinski definition) is 0. The molecule has 0 aliphatic heterocycles. The van der Waals surface area contributed by atoms with Gasteiger partial charge in [0.1, 0.15) is 0 Å². The Bertz CT molecular complexity index is 17.2. The van der Waals surface area contributed by atoms with E-state index in [1.54, 1.807) is 0 Å². The summed E-state index contributed by atoms with van der Waals surface area (Å²) in [6.07, 6.45) is 2.67. The molecular weight excluding hydrogens is 75.0 g/mol. The monoisotopic (exact) mass is 86.1 g/mol. The van der Waals surface area contributed by atoms with Crippen molar-refractivity contribution >= 4 is 16.3 Å². The quantitative estimate of drug-likeness (QED) is 0.448. The van der Waals surface area contributed by atoms with Crippen molar-refractivity contribution < 1.29 is 2.85 Å². The Morgan fingerprint density at radius 1 is 1.80 bits per heavy atom. The summed E-state index contributed by atoms with van der Waals surface area (Å²) in [4.78, 5) is 0. The van der Waals surface area contributed by atoms with Crippen LogP contribution in [0.25, 0.3) is 0 Å². The van der Waals surface area contributed by atoms with Gasteiger partial charge in [-0.25, -0.2) is 0 Å². The van der Waals surface area contributed by atoms with E-state index in [2.05, 4.69) is 23.2 Å². The van der Waals surface area contributed by atoms with Crippen molar-refractivity contribution in [1.82, 2.24) is 0 Å². The van der Waals surface area contributed by atoms with Crippen molar-refractivity contribution in [2.45, 2.75) is 25.0 Å². The maximum absolute atomic E-state index is 2.70. The minimum Gasteiger partial charge on any atom is -1.00 e. The van der Waals surface area contributed by atoms with Crippen LogP contribution in [0, 0.1) is 0 Å². The first-order chi connectivity index (χ1) is 2.41. The molecule has 0 aromatic carbocycles. The van der Waals surface area contributed by atoms with Crippen LogP contribution >= 0.6 is 0 Å². The fourth-order valence-corrected chi connectivity index (χ4v) is 0.612. The molecule has 30 valence electrons. The minimum absolute atomic E-state index is 0. The van der Waals surface area contributed by atoms with Crippen molar-refractivity contribution in [3.8, 4) is 0 Å². The van der Waals surface area contributed by atoms with Crippen LogP contribution in [0.3, 0.4) is 0 Å². The van der Waals surface area contributed by atoms with Crippen molar-refractivity contribution in [3.63, 3.8) is 0 Å². The molecule has 0 fully saturated rings. The van der Waals surface area contributed by atoms with Crippen molar-refractivity contribution in [2.24, 2.45) is 0 Å². The van der Waals surface area contributed by atoms with Crippen LogP contribution < -0.4 is 0 Å². The van der Waals surface area contributed by atoms with E-state index in [-0.39, 0.29) is 2.85 Å². The van der Waals surface area contributed by atoms with Crippen LogP contribution in [0.15, 0.2) is 0 Å². The Kier molecular flexibility index (Phi) is 5.02. The summed E-state index contributed by atoms with van der Waals surface area (Å²) in [7, 11) is 0. The van der Waals surface area contributed by atoms with Crippen LogP contribution in [0.1, 0.15) is 22.6 Å². The Morgan fingerprint density at radius 3 is 2.40 bits per heavy atom. The SMILES string of the molecule is CCC[CH2][Al+2].[H-].[H-]. The first-order valence-corrected chi connectivity index (χ1v) is 2.93. The molecule has 0 amide bonds. The third-order valence-corrected chi connectivity index (χ3v) is 0.966. The summed E-state index contributed by atoms with van der Waals surface area (Å²) in [6, 6.07) is 0. The van der Waals surface area contributed by atoms with Gasteiger partial charge in [0.25, 0.3) is 0 Å². The van der Waals surface area contributed by atoms with Crippen LogP contribution in [0.2, 0.25) is 5.28 Å². The van der Waals surface area contributed by atoms with Gasteiger partial charge in [0.2, 0.25) is 0 Å². The van der Waals surface area contributed by atoms with Gasteiger partial charge in [-0.3, -0.25) is 0 Å². The standard InChI is InChI=1S/C4H9.Al.2H/c1-3-4-2;;;/h1,3-4H2,2H3;;;/q;+2;2*-1. The molecule has 0 nitrogen and oxygen atoms in total. The van der Waals surface area contributed by atoms with E-state index in [0.29, 0.717) is 0 Å². The normalized spacial score (nSPS) is 8.60. The summed E-state index contributed by atoms with van der Waals surface area (Å²) in [5, 5.41) is 1.26. The Balaban J connectivity index is -0.0000000800. The molecule has 0 atom stereocenters. The predicted molar refractivity (Wildman–Crippen MR) is 27.7 cm³/mol. The minimum atomic E-state index is 0. The van der Waals surface area contributed by atoms with Crippen LogP contribution in [0.5, 0.6) is 0 Å². The zero-order valence-corrected chi connectivity index (χ0v) is 4.85. The second kappa shape index (κ2) is 4.53. The molecular formula is C4H11Al. The van der Waals surface area contributed by atoms with Gasteiger partial charge in [0, 0.05) is 0 Å². The predicted octanol–water partition coefficient (Wildman–Crippen LogP) is 1.60. The molecule has 0 aliphatic carbocycles. The fourth-order valence-electron chi connectivity index (χ4n) is 0.204. The van der Waals surface area contributed by atoms with Crippen molar-refractivity contribution in [2.75, 3.05) is 0 Å². The molecule has 0 aromatic rings. The zero-order chi connectivity index (χ0) is 4.12. The largest absolute Gasteiger partial charge is 1.00 e. The molecule has 0 aromatic heterocycles. The molecule has 0 aliphatic rings. The summed E-state index contributed by atoms with van der Waals surface area (Å²) in [5.41, 5.74) is 0. The molecule has 0 rings (SSSR count). The number of rotatable bonds is 2. The maximum atomic E-state index is 2.70. The van der Waals surface area contributed by atoms with E-state index < -0.39 is 0 Å². The Hall–Kier alpha value is 0.532. The first-order valence-electron chi connectivity index (χ1n) is 2.12. The number of hydrogen-bond acceptors (Lipinski definition) is 0. The Labute approximate surface area is 45.0 Å². The van der Waals surface area contributed by atoms with Crippen LogP contribution in [-0.4, -0.2) is 16.3 Å². The Morgan fingerprint density at radius 2 is 2.40 bits per heavy atom. The van der Waals surface area contributed by atoms with E-state index in [1.807, 2.05) is 0 Å². The van der Waals surface area contributed by atoms with E-state index in [9.17, 15) is 0 Å². The van der Waals surface area contributed by atoms with Gasteiger partial charge >= 0.3 is 41.3 Å². The molecule has 0 saturated heterocycles. The third kappa shape index (κ3) is 4.53. The molecule has 0 N–H and O–H groups in total. The van der Waals surface area contributed by atoms with E-state index >= 15 is 0 Å². The summed E-state index contributed by atoms with van der Waals surface area (Å²) in [6.45, 7) is 2.20. The topological polar surface area (TPSA) is 0 Å². The van der Waals surface area contributed by atoms with Crippen LogP contribution in [0.4, 0.5) is 0 Å². The van der Waals surface area contributed by atoms with E-state index in [4.69, 9.17) is 0 Å². The van der Waals surface area contributed by atoms with E-state index in [0.717, 1.165) is 0 Å². The molecule has 0 radical (unpaired) electrons. The third-order valence-electron chi connectivity index (χ3n) is 0.558. The molecule has 0 spiro atoms. The molecule has 1 heteroatoms. The van der Waals surface area contributed by atoms with Gasteiger partial charge in [-0.15, -0.1) is 0 Å². The molecule has 5 heavy (non-hydrogen) atoms. The van der Waals surface area contributed by atoms with Crippen molar-refractivity contribution in [3.05, 3.63) is 0 Å². The first kappa shape index (κ1) is 5.53. The second-order valence-electron chi connectivity index (χ2n) is 1.14. The fraction of sp³-hybridized carbons (Fsp3) is 1.00. The van der Waals surface area contributed by atoms with Crippen LogP contribution in [-0.2, 0) is 0 Å². The molecule has 0 saturated carbocycles. The van der Waals surface area contributed by atoms with Gasteiger partial charge in [-0.2, -0.15) is 0 Å². The maximum Gasteiger partial charge on any atom is -1.00 e. The smallest absolute Gasteiger partial charge is 1.00 e. The summed E-state index contributed by atoms with van der Waals surface area (Å²) >= 11 is 2.70. The van der Waals surface area contributed by atoms with Crippen molar-refractivity contribution in [1.29, 1.82) is 0 Å². The average molecular weight is 86.1 g/mol.